The van der Waals surface area contributed by atoms with Gasteiger partial charge in [-0.15, -0.1) is 0 Å². The van der Waals surface area contributed by atoms with Gasteiger partial charge in [0.05, 0.1) is 6.61 Å². The molecule has 2 rings (SSSR count). The van der Waals surface area contributed by atoms with Gasteiger partial charge in [-0.3, -0.25) is 9.00 Å². The Hall–Kier alpha value is -1.98. The van der Waals surface area contributed by atoms with Gasteiger partial charge in [0.25, 0.3) is 0 Å². The van der Waals surface area contributed by atoms with Crippen molar-refractivity contribution >= 4 is 22.4 Å². The normalized spacial score (nSPS) is 13.3. The highest BCUT2D eigenvalue weighted by Crippen LogP contribution is 2.16. The number of carbonyl (C=O) groups excluding carboxylic acids is 1. The van der Waals surface area contributed by atoms with E-state index >= 15 is 0 Å². The Morgan fingerprint density at radius 3 is 2.17 bits per heavy atom. The SMILES string of the molecule is Cc1cc(C)cc(NC(=O)C(C)S(=O)Cc2ccc(CO)cc2)c1. The first kappa shape index (κ1) is 18.4. The van der Waals surface area contributed by atoms with Crippen LogP contribution in [0.2, 0.25) is 0 Å². The Morgan fingerprint density at radius 2 is 1.62 bits per heavy atom. The van der Waals surface area contributed by atoms with Gasteiger partial charge < -0.3 is 10.4 Å². The van der Waals surface area contributed by atoms with Crippen molar-refractivity contribution in [2.24, 2.45) is 0 Å². The predicted octanol–water partition coefficient (Wildman–Crippen LogP) is 3.07. The van der Waals surface area contributed by atoms with Crippen LogP contribution in [0.4, 0.5) is 5.69 Å². The van der Waals surface area contributed by atoms with Gasteiger partial charge in [0, 0.05) is 22.2 Å². The molecule has 24 heavy (non-hydrogen) atoms. The molecule has 128 valence electrons. The van der Waals surface area contributed by atoms with Crippen molar-refractivity contribution in [3.8, 4) is 0 Å². The van der Waals surface area contributed by atoms with Gasteiger partial charge in [-0.25, -0.2) is 0 Å². The molecule has 5 heteroatoms. The number of nitrogens with one attached hydrogen (secondary N) is 1. The number of rotatable bonds is 6. The van der Waals surface area contributed by atoms with Crippen LogP contribution in [0.15, 0.2) is 42.5 Å². The lowest BCUT2D eigenvalue weighted by molar-refractivity contribution is -0.115. The lowest BCUT2D eigenvalue weighted by Gasteiger charge is -2.13. The minimum absolute atomic E-state index is 0.0158. The minimum atomic E-state index is -1.31. The van der Waals surface area contributed by atoms with Crippen LogP contribution in [0, 0.1) is 13.8 Å². The van der Waals surface area contributed by atoms with Crippen molar-refractivity contribution in [3.63, 3.8) is 0 Å². The summed E-state index contributed by atoms with van der Waals surface area (Å²) in [5.41, 5.74) is 4.57. The van der Waals surface area contributed by atoms with Crippen molar-refractivity contribution in [2.45, 2.75) is 38.4 Å². The molecule has 0 saturated carbocycles. The molecule has 0 aliphatic heterocycles. The number of amides is 1. The van der Waals surface area contributed by atoms with Crippen molar-refractivity contribution < 1.29 is 14.1 Å². The summed E-state index contributed by atoms with van der Waals surface area (Å²) < 4.78 is 12.4. The molecule has 2 unspecified atom stereocenters. The number of anilines is 1. The van der Waals surface area contributed by atoms with Gasteiger partial charge in [-0.2, -0.15) is 0 Å². The van der Waals surface area contributed by atoms with Crippen LogP contribution in [-0.2, 0) is 28.0 Å². The van der Waals surface area contributed by atoms with Gasteiger partial charge in [-0.05, 0) is 55.2 Å². The zero-order valence-electron chi connectivity index (χ0n) is 14.2. The van der Waals surface area contributed by atoms with E-state index in [0.29, 0.717) is 5.75 Å². The quantitative estimate of drug-likeness (QED) is 0.845. The number of aliphatic hydroxyl groups is 1. The van der Waals surface area contributed by atoms with Crippen molar-refractivity contribution in [1.82, 2.24) is 0 Å². The molecular formula is C19H23NO3S. The molecule has 0 bridgehead atoms. The first-order valence-corrected chi connectivity index (χ1v) is 9.22. The van der Waals surface area contributed by atoms with Crippen LogP contribution in [0.3, 0.4) is 0 Å². The summed E-state index contributed by atoms with van der Waals surface area (Å²) in [6, 6.07) is 13.1. The average Bonchev–Trinajstić information content (AvgIpc) is 2.53. The molecule has 0 spiro atoms. The summed E-state index contributed by atoms with van der Waals surface area (Å²) in [5, 5.41) is 11.3. The van der Waals surface area contributed by atoms with Crippen LogP contribution < -0.4 is 5.32 Å². The molecule has 2 N–H and O–H groups in total. The van der Waals surface area contributed by atoms with Crippen molar-refractivity contribution in [2.75, 3.05) is 5.32 Å². The van der Waals surface area contributed by atoms with Gasteiger partial charge in [0.15, 0.2) is 0 Å². The average molecular weight is 345 g/mol. The number of benzene rings is 2. The molecule has 1 amide bonds. The van der Waals surface area contributed by atoms with Crippen molar-refractivity contribution in [1.29, 1.82) is 0 Å². The zero-order valence-corrected chi connectivity index (χ0v) is 15.0. The minimum Gasteiger partial charge on any atom is -0.392 e. The lowest BCUT2D eigenvalue weighted by atomic mass is 10.1. The standard InChI is InChI=1S/C19H23NO3S/c1-13-8-14(2)10-18(9-13)20-19(22)15(3)24(23)12-17-6-4-16(11-21)5-7-17/h4-10,15,21H,11-12H2,1-3H3,(H,20,22). The summed E-state index contributed by atoms with van der Waals surface area (Å²) in [7, 11) is -1.31. The van der Waals surface area contributed by atoms with Gasteiger partial charge in [0.2, 0.25) is 5.91 Å². The second-order valence-electron chi connectivity index (χ2n) is 6.01. The van der Waals surface area contributed by atoms with Crippen molar-refractivity contribution in [3.05, 3.63) is 64.7 Å². The van der Waals surface area contributed by atoms with Crippen LogP contribution in [-0.4, -0.2) is 20.5 Å². The van der Waals surface area contributed by atoms with E-state index in [-0.39, 0.29) is 12.5 Å². The summed E-state index contributed by atoms with van der Waals surface area (Å²) >= 11 is 0. The fourth-order valence-electron chi connectivity index (χ4n) is 2.44. The Labute approximate surface area is 145 Å². The third-order valence-electron chi connectivity index (χ3n) is 3.77. The largest absolute Gasteiger partial charge is 0.392 e. The zero-order chi connectivity index (χ0) is 17.7. The third kappa shape index (κ3) is 5.01. The maximum atomic E-state index is 12.4. The molecule has 2 aromatic rings. The molecule has 0 heterocycles. The summed E-state index contributed by atoms with van der Waals surface area (Å²) in [5.74, 6) is 0.0676. The topological polar surface area (TPSA) is 66.4 Å². The van der Waals surface area contributed by atoms with Gasteiger partial charge in [0.1, 0.15) is 5.25 Å². The highest BCUT2D eigenvalue weighted by molar-refractivity contribution is 7.85. The first-order chi connectivity index (χ1) is 11.4. The maximum absolute atomic E-state index is 12.4. The molecule has 0 aliphatic rings. The molecule has 2 atom stereocenters. The summed E-state index contributed by atoms with van der Waals surface area (Å²) in [6.07, 6.45) is 0. The van der Waals surface area contributed by atoms with E-state index in [1.807, 2.05) is 44.2 Å². The fourth-order valence-corrected chi connectivity index (χ4v) is 3.51. The Balaban J connectivity index is 1.99. The number of aliphatic hydroxyl groups excluding tert-OH is 1. The predicted molar refractivity (Wildman–Crippen MR) is 98.2 cm³/mol. The number of carbonyl (C=O) groups is 1. The molecule has 2 aromatic carbocycles. The molecule has 0 aliphatic carbocycles. The van der Waals surface area contributed by atoms with Crippen LogP contribution >= 0.6 is 0 Å². The van der Waals surface area contributed by atoms with E-state index in [2.05, 4.69) is 5.32 Å². The van der Waals surface area contributed by atoms with Gasteiger partial charge >= 0.3 is 0 Å². The van der Waals surface area contributed by atoms with E-state index in [0.717, 1.165) is 27.9 Å². The van der Waals surface area contributed by atoms with Crippen LogP contribution in [0.5, 0.6) is 0 Å². The Morgan fingerprint density at radius 1 is 1.08 bits per heavy atom. The second-order valence-corrected chi connectivity index (χ2v) is 7.76. The molecule has 0 fully saturated rings. The molecular weight excluding hydrogens is 322 g/mol. The highest BCUT2D eigenvalue weighted by Gasteiger charge is 2.20. The van der Waals surface area contributed by atoms with E-state index in [1.165, 1.54) is 0 Å². The Bertz CT molecular complexity index is 721. The first-order valence-electron chi connectivity index (χ1n) is 7.84. The van der Waals surface area contributed by atoms with E-state index in [4.69, 9.17) is 5.11 Å². The highest BCUT2D eigenvalue weighted by atomic mass is 32.2. The monoisotopic (exact) mass is 345 g/mol. The summed E-state index contributed by atoms with van der Waals surface area (Å²) in [6.45, 7) is 5.61. The molecule has 0 radical (unpaired) electrons. The fraction of sp³-hybridized carbons (Fsp3) is 0.316. The number of hydrogen-bond donors (Lipinski definition) is 2. The molecule has 4 nitrogen and oxygen atoms in total. The van der Waals surface area contributed by atoms with E-state index in [9.17, 15) is 9.00 Å². The second kappa shape index (κ2) is 8.22. The molecule has 0 saturated heterocycles. The maximum Gasteiger partial charge on any atom is 0.239 e. The number of hydrogen-bond acceptors (Lipinski definition) is 3. The van der Waals surface area contributed by atoms with Crippen LogP contribution in [0.1, 0.15) is 29.2 Å². The smallest absolute Gasteiger partial charge is 0.239 e. The molecule has 0 aromatic heterocycles. The summed E-state index contributed by atoms with van der Waals surface area (Å²) in [4.78, 5) is 12.3. The lowest BCUT2D eigenvalue weighted by Crippen LogP contribution is -2.29. The Kier molecular flexibility index (Phi) is 6.29. The van der Waals surface area contributed by atoms with Crippen LogP contribution in [0.25, 0.3) is 0 Å². The van der Waals surface area contributed by atoms with Gasteiger partial charge in [-0.1, -0.05) is 30.3 Å². The van der Waals surface area contributed by atoms with E-state index < -0.39 is 16.0 Å². The third-order valence-corrected chi connectivity index (χ3v) is 5.39. The number of aryl methyl sites for hydroxylation is 2. The van der Waals surface area contributed by atoms with E-state index in [1.54, 1.807) is 19.1 Å².